The molecule has 0 radical (unpaired) electrons. The molecular weight excluding hydrogens is 254 g/mol. The van der Waals surface area contributed by atoms with Crippen LogP contribution < -0.4 is 10.7 Å². The molecule has 92 valence electrons. The van der Waals surface area contributed by atoms with Gasteiger partial charge in [0.15, 0.2) is 16.3 Å². The van der Waals surface area contributed by atoms with Crippen LogP contribution in [0.25, 0.3) is 0 Å². The summed E-state index contributed by atoms with van der Waals surface area (Å²) in [5.41, 5.74) is -0.0936. The van der Waals surface area contributed by atoms with Crippen molar-refractivity contribution in [2.45, 2.75) is 6.92 Å². The van der Waals surface area contributed by atoms with Crippen molar-refractivity contribution in [1.82, 2.24) is 9.97 Å². The molecule has 0 spiro atoms. The molecule has 0 unspecified atom stereocenters. The molecule has 0 aromatic carbocycles. The van der Waals surface area contributed by atoms with Gasteiger partial charge >= 0.3 is 0 Å². The molecule has 2 aromatic rings. The molecule has 0 aliphatic rings. The van der Waals surface area contributed by atoms with Crippen LogP contribution in [0.3, 0.4) is 0 Å². The van der Waals surface area contributed by atoms with Gasteiger partial charge in [0.05, 0.1) is 0 Å². The Hall–Kier alpha value is -2.28. The van der Waals surface area contributed by atoms with E-state index in [-0.39, 0.29) is 27.6 Å². The third kappa shape index (κ3) is 2.51. The molecule has 2 rings (SSSR count). The standard InChI is InChI=1S/C11H9N3O3S/c1-6(15)8-5-18-11(13-8)14-10(17)7-4-12-3-2-9(7)16/h2-5H,1H3,(H,12,16)(H,13,14,17). The van der Waals surface area contributed by atoms with Gasteiger partial charge in [0.1, 0.15) is 11.3 Å². The summed E-state index contributed by atoms with van der Waals surface area (Å²) in [5, 5.41) is 4.30. The summed E-state index contributed by atoms with van der Waals surface area (Å²) in [6.45, 7) is 1.39. The highest BCUT2D eigenvalue weighted by Crippen LogP contribution is 2.16. The summed E-state index contributed by atoms with van der Waals surface area (Å²) in [6.07, 6.45) is 2.76. The Morgan fingerprint density at radius 2 is 2.22 bits per heavy atom. The number of hydrogen-bond acceptors (Lipinski definition) is 5. The highest BCUT2D eigenvalue weighted by Gasteiger charge is 2.12. The third-order valence-corrected chi connectivity index (χ3v) is 2.91. The second-order valence-electron chi connectivity index (χ2n) is 3.47. The van der Waals surface area contributed by atoms with Gasteiger partial charge < -0.3 is 4.98 Å². The maximum atomic E-state index is 11.8. The maximum absolute atomic E-state index is 11.8. The molecule has 0 aliphatic carbocycles. The number of pyridine rings is 1. The summed E-state index contributed by atoms with van der Waals surface area (Å²) < 4.78 is 0. The number of carbonyl (C=O) groups is 2. The van der Waals surface area contributed by atoms with E-state index in [2.05, 4.69) is 15.3 Å². The van der Waals surface area contributed by atoms with Crippen molar-refractivity contribution < 1.29 is 9.59 Å². The molecule has 0 aliphatic heterocycles. The van der Waals surface area contributed by atoms with Gasteiger partial charge in [-0.15, -0.1) is 11.3 Å². The highest BCUT2D eigenvalue weighted by atomic mass is 32.1. The first-order valence-electron chi connectivity index (χ1n) is 5.03. The number of amides is 1. The highest BCUT2D eigenvalue weighted by molar-refractivity contribution is 7.14. The van der Waals surface area contributed by atoms with Crippen LogP contribution in [-0.4, -0.2) is 21.7 Å². The van der Waals surface area contributed by atoms with Gasteiger partial charge in [0.25, 0.3) is 5.91 Å². The summed E-state index contributed by atoms with van der Waals surface area (Å²) in [6, 6.07) is 1.26. The van der Waals surface area contributed by atoms with Crippen molar-refractivity contribution in [3.63, 3.8) is 0 Å². The van der Waals surface area contributed by atoms with Crippen LogP contribution in [0.4, 0.5) is 5.13 Å². The summed E-state index contributed by atoms with van der Waals surface area (Å²) in [7, 11) is 0. The average molecular weight is 263 g/mol. The first-order valence-corrected chi connectivity index (χ1v) is 5.91. The second-order valence-corrected chi connectivity index (χ2v) is 4.33. The summed E-state index contributed by atoms with van der Waals surface area (Å²) in [5.74, 6) is -0.731. The smallest absolute Gasteiger partial charge is 0.262 e. The molecule has 2 heterocycles. The number of carbonyl (C=O) groups excluding carboxylic acids is 2. The molecule has 0 atom stereocenters. The molecule has 0 saturated heterocycles. The molecule has 0 fully saturated rings. The lowest BCUT2D eigenvalue weighted by molar-refractivity contribution is 0.100. The van der Waals surface area contributed by atoms with E-state index in [0.717, 1.165) is 11.3 Å². The van der Waals surface area contributed by atoms with E-state index in [1.54, 1.807) is 5.38 Å². The Morgan fingerprint density at radius 3 is 2.83 bits per heavy atom. The molecule has 0 bridgehead atoms. The van der Waals surface area contributed by atoms with Crippen molar-refractivity contribution in [2.24, 2.45) is 0 Å². The van der Waals surface area contributed by atoms with Crippen LogP contribution in [0.2, 0.25) is 0 Å². The lowest BCUT2D eigenvalue weighted by Crippen LogP contribution is -2.20. The number of nitrogens with zero attached hydrogens (tertiary/aromatic N) is 1. The van der Waals surface area contributed by atoms with Crippen LogP contribution in [0.1, 0.15) is 27.8 Å². The van der Waals surface area contributed by atoms with E-state index in [9.17, 15) is 14.4 Å². The van der Waals surface area contributed by atoms with Crippen LogP contribution in [0.5, 0.6) is 0 Å². The quantitative estimate of drug-likeness (QED) is 0.816. The fourth-order valence-corrected chi connectivity index (χ4v) is 2.00. The van der Waals surface area contributed by atoms with Crippen LogP contribution in [0, 0.1) is 0 Å². The molecule has 1 amide bonds. The van der Waals surface area contributed by atoms with Crippen molar-refractivity contribution >= 4 is 28.2 Å². The first kappa shape index (κ1) is 12.2. The molecular formula is C11H9N3O3S. The Labute approximate surface area is 106 Å². The molecule has 7 heteroatoms. The fourth-order valence-electron chi connectivity index (χ4n) is 1.25. The zero-order chi connectivity index (χ0) is 13.1. The monoisotopic (exact) mass is 263 g/mol. The van der Waals surface area contributed by atoms with Crippen LogP contribution in [0.15, 0.2) is 28.6 Å². The zero-order valence-electron chi connectivity index (χ0n) is 9.39. The minimum Gasteiger partial charge on any atom is -0.367 e. The number of nitrogens with one attached hydrogen (secondary N) is 2. The van der Waals surface area contributed by atoms with E-state index in [0.29, 0.717) is 0 Å². The largest absolute Gasteiger partial charge is 0.367 e. The number of ketones is 1. The number of aromatic nitrogens is 2. The number of H-pyrrole nitrogens is 1. The Morgan fingerprint density at radius 1 is 1.44 bits per heavy atom. The summed E-state index contributed by atoms with van der Waals surface area (Å²) >= 11 is 1.13. The minimum atomic E-state index is -0.554. The lowest BCUT2D eigenvalue weighted by atomic mass is 10.2. The first-order chi connectivity index (χ1) is 8.58. The van der Waals surface area contributed by atoms with Gasteiger partial charge in [-0.3, -0.25) is 19.7 Å². The number of rotatable bonds is 3. The Balaban J connectivity index is 2.19. The van der Waals surface area contributed by atoms with Crippen LogP contribution >= 0.6 is 11.3 Å². The van der Waals surface area contributed by atoms with E-state index in [4.69, 9.17) is 0 Å². The molecule has 0 saturated carbocycles. The topological polar surface area (TPSA) is 91.9 Å². The average Bonchev–Trinajstić information content (AvgIpc) is 2.78. The number of thiazole rings is 1. The summed E-state index contributed by atoms with van der Waals surface area (Å²) in [4.78, 5) is 40.8. The molecule has 18 heavy (non-hydrogen) atoms. The predicted molar refractivity (Wildman–Crippen MR) is 67.1 cm³/mol. The number of Topliss-reactive ketones (excluding diaryl/α,β-unsaturated/α-hetero) is 1. The second kappa shape index (κ2) is 4.92. The van der Waals surface area contributed by atoms with Crippen molar-refractivity contribution in [3.05, 3.63) is 45.3 Å². The number of aromatic amines is 1. The van der Waals surface area contributed by atoms with E-state index < -0.39 is 5.91 Å². The van der Waals surface area contributed by atoms with Crippen molar-refractivity contribution in [1.29, 1.82) is 0 Å². The van der Waals surface area contributed by atoms with Gasteiger partial charge in [-0.2, -0.15) is 0 Å². The third-order valence-electron chi connectivity index (χ3n) is 2.15. The van der Waals surface area contributed by atoms with E-state index in [1.165, 1.54) is 25.4 Å². The number of hydrogen-bond donors (Lipinski definition) is 2. The maximum Gasteiger partial charge on any atom is 0.262 e. The van der Waals surface area contributed by atoms with E-state index >= 15 is 0 Å². The Bertz CT molecular complexity index is 659. The molecule has 2 N–H and O–H groups in total. The lowest BCUT2D eigenvalue weighted by Gasteiger charge is -1.99. The van der Waals surface area contributed by atoms with Gasteiger partial charge in [0.2, 0.25) is 0 Å². The number of anilines is 1. The zero-order valence-corrected chi connectivity index (χ0v) is 10.2. The van der Waals surface area contributed by atoms with Crippen molar-refractivity contribution in [3.8, 4) is 0 Å². The van der Waals surface area contributed by atoms with Gasteiger partial charge in [-0.1, -0.05) is 0 Å². The molecule has 6 nitrogen and oxygen atoms in total. The van der Waals surface area contributed by atoms with E-state index in [1.807, 2.05) is 0 Å². The van der Waals surface area contributed by atoms with Gasteiger partial charge in [-0.25, -0.2) is 4.98 Å². The minimum absolute atomic E-state index is 0.00271. The predicted octanol–water partition coefficient (Wildman–Crippen LogP) is 1.29. The van der Waals surface area contributed by atoms with Gasteiger partial charge in [-0.05, 0) is 0 Å². The van der Waals surface area contributed by atoms with Crippen LogP contribution in [-0.2, 0) is 0 Å². The van der Waals surface area contributed by atoms with Crippen molar-refractivity contribution in [2.75, 3.05) is 5.32 Å². The van der Waals surface area contributed by atoms with Gasteiger partial charge in [0, 0.05) is 30.8 Å². The Kier molecular flexibility index (Phi) is 3.33. The SMILES string of the molecule is CC(=O)c1csc(NC(=O)c2c[nH]ccc2=O)n1. The molecule has 2 aromatic heterocycles. The normalized spacial score (nSPS) is 10.1. The fraction of sp³-hybridized carbons (Fsp3) is 0.0909.